The summed E-state index contributed by atoms with van der Waals surface area (Å²) in [6.07, 6.45) is 6.76. The van der Waals surface area contributed by atoms with Gasteiger partial charge in [0.1, 0.15) is 0 Å². The average molecular weight is 311 g/mol. The van der Waals surface area contributed by atoms with Crippen LogP contribution in [0.3, 0.4) is 0 Å². The van der Waals surface area contributed by atoms with Gasteiger partial charge in [-0.3, -0.25) is 4.79 Å². The first-order valence-electron chi connectivity index (χ1n) is 7.68. The molecule has 118 valence electrons. The van der Waals surface area contributed by atoms with Crippen LogP contribution in [-0.4, -0.2) is 49.9 Å². The van der Waals surface area contributed by atoms with Gasteiger partial charge in [-0.1, -0.05) is 37.9 Å². The molecule has 0 bridgehead atoms. The van der Waals surface area contributed by atoms with Crippen LogP contribution < -0.4 is 0 Å². The quantitative estimate of drug-likeness (QED) is 0.753. The van der Waals surface area contributed by atoms with Gasteiger partial charge < -0.3 is 4.90 Å². The lowest BCUT2D eigenvalue weighted by atomic mass is 9.94. The Morgan fingerprint density at radius 2 is 2.14 bits per heavy atom. The van der Waals surface area contributed by atoms with Crippen LogP contribution in [0, 0.1) is 5.92 Å². The molecule has 1 amide bonds. The molecule has 0 aliphatic heterocycles. The van der Waals surface area contributed by atoms with E-state index in [4.69, 9.17) is 0 Å². The number of amides is 1. The summed E-state index contributed by atoms with van der Waals surface area (Å²) >= 11 is 1.61. The van der Waals surface area contributed by atoms with Crippen LogP contribution in [0.4, 0.5) is 0 Å². The molecule has 0 spiro atoms. The lowest BCUT2D eigenvalue weighted by Gasteiger charge is -2.32. The Bertz CT molecular complexity index is 458. The molecule has 0 aromatic carbocycles. The highest BCUT2D eigenvalue weighted by molar-refractivity contribution is 7.99. The summed E-state index contributed by atoms with van der Waals surface area (Å²) < 4.78 is 1.66. The van der Waals surface area contributed by atoms with Crippen molar-refractivity contribution in [3.8, 4) is 0 Å². The molecule has 1 heterocycles. The average Bonchev–Trinajstić information content (AvgIpc) is 2.90. The zero-order chi connectivity index (χ0) is 15.2. The van der Waals surface area contributed by atoms with Gasteiger partial charge in [-0.05, 0) is 29.2 Å². The SMILES string of the molecule is CC(CSc1nnnn1C)CC(=O)N(C)C1CCCCC1. The van der Waals surface area contributed by atoms with Crippen LogP contribution in [0.15, 0.2) is 5.16 Å². The smallest absolute Gasteiger partial charge is 0.222 e. The Hall–Kier alpha value is -1.11. The molecule has 0 N–H and O–H groups in total. The summed E-state index contributed by atoms with van der Waals surface area (Å²) in [5.41, 5.74) is 0. The van der Waals surface area contributed by atoms with Crippen LogP contribution >= 0.6 is 11.8 Å². The van der Waals surface area contributed by atoms with Crippen molar-refractivity contribution in [1.82, 2.24) is 25.1 Å². The lowest BCUT2D eigenvalue weighted by molar-refractivity contribution is -0.133. The van der Waals surface area contributed by atoms with Crippen LogP contribution in [0.5, 0.6) is 0 Å². The maximum Gasteiger partial charge on any atom is 0.222 e. The fourth-order valence-corrected chi connectivity index (χ4v) is 3.60. The molecule has 1 aromatic heterocycles. The first-order chi connectivity index (χ1) is 10.1. The first kappa shape index (κ1) is 16.3. The summed E-state index contributed by atoms with van der Waals surface area (Å²) in [5.74, 6) is 1.45. The van der Waals surface area contributed by atoms with Crippen molar-refractivity contribution < 1.29 is 4.79 Å². The molecule has 21 heavy (non-hydrogen) atoms. The first-order valence-corrected chi connectivity index (χ1v) is 8.67. The third kappa shape index (κ3) is 4.69. The van der Waals surface area contributed by atoms with Crippen molar-refractivity contribution in [1.29, 1.82) is 0 Å². The van der Waals surface area contributed by atoms with Crippen molar-refractivity contribution in [2.24, 2.45) is 13.0 Å². The lowest BCUT2D eigenvalue weighted by Crippen LogP contribution is -2.39. The molecule has 7 heteroatoms. The molecular weight excluding hydrogens is 286 g/mol. The zero-order valence-corrected chi connectivity index (χ0v) is 14.0. The van der Waals surface area contributed by atoms with E-state index in [0.717, 1.165) is 23.8 Å². The van der Waals surface area contributed by atoms with E-state index in [1.54, 1.807) is 16.4 Å². The molecule has 1 atom stereocenters. The van der Waals surface area contributed by atoms with Gasteiger partial charge in [0.2, 0.25) is 11.1 Å². The molecule has 2 rings (SSSR count). The van der Waals surface area contributed by atoms with Gasteiger partial charge in [0.05, 0.1) is 0 Å². The number of tetrazole rings is 1. The molecule has 1 aliphatic rings. The van der Waals surface area contributed by atoms with E-state index in [9.17, 15) is 4.79 Å². The van der Waals surface area contributed by atoms with Gasteiger partial charge in [-0.25, -0.2) is 4.68 Å². The maximum absolute atomic E-state index is 12.4. The topological polar surface area (TPSA) is 63.9 Å². The number of hydrogen-bond donors (Lipinski definition) is 0. The Balaban J connectivity index is 1.74. The Morgan fingerprint density at radius 1 is 1.43 bits per heavy atom. The van der Waals surface area contributed by atoms with Gasteiger partial charge in [-0.2, -0.15) is 0 Å². The number of aromatic nitrogens is 4. The van der Waals surface area contributed by atoms with Gasteiger partial charge in [0, 0.05) is 32.3 Å². The summed E-state index contributed by atoms with van der Waals surface area (Å²) in [7, 11) is 3.79. The Morgan fingerprint density at radius 3 is 2.76 bits per heavy atom. The van der Waals surface area contributed by atoms with E-state index in [2.05, 4.69) is 22.4 Å². The number of carbonyl (C=O) groups excluding carboxylic acids is 1. The number of rotatable bonds is 6. The van der Waals surface area contributed by atoms with Crippen LogP contribution in [0.2, 0.25) is 0 Å². The number of nitrogens with zero attached hydrogens (tertiary/aromatic N) is 5. The number of aryl methyl sites for hydroxylation is 1. The highest BCUT2D eigenvalue weighted by Gasteiger charge is 2.23. The van der Waals surface area contributed by atoms with Gasteiger partial charge in [-0.15, -0.1) is 5.10 Å². The Labute approximate surface area is 130 Å². The Kier molecular flexibility index (Phi) is 6.02. The number of thioether (sulfide) groups is 1. The highest BCUT2D eigenvalue weighted by Crippen LogP contribution is 2.24. The molecule has 1 saturated carbocycles. The maximum atomic E-state index is 12.4. The fourth-order valence-electron chi connectivity index (χ4n) is 2.73. The minimum Gasteiger partial charge on any atom is -0.343 e. The standard InChI is InChI=1S/C14H25N5OS/c1-11(10-21-14-15-16-17-19(14)3)9-13(20)18(2)12-7-5-4-6-8-12/h11-12H,4-10H2,1-3H3. The molecule has 1 aromatic rings. The molecular formula is C14H25N5OS. The second kappa shape index (κ2) is 7.77. The van der Waals surface area contributed by atoms with E-state index in [-0.39, 0.29) is 5.91 Å². The number of carbonyl (C=O) groups is 1. The molecule has 0 saturated heterocycles. The largest absolute Gasteiger partial charge is 0.343 e. The van der Waals surface area contributed by atoms with E-state index in [1.165, 1.54) is 19.3 Å². The molecule has 0 radical (unpaired) electrons. The van der Waals surface area contributed by atoms with Crippen molar-refractivity contribution in [2.45, 2.75) is 56.6 Å². The third-order valence-corrected chi connectivity index (χ3v) is 5.46. The third-order valence-electron chi connectivity index (χ3n) is 4.12. The minimum atomic E-state index is 0.270. The second-order valence-electron chi connectivity index (χ2n) is 6.00. The van der Waals surface area contributed by atoms with Crippen molar-refractivity contribution in [3.05, 3.63) is 0 Å². The minimum absolute atomic E-state index is 0.270. The van der Waals surface area contributed by atoms with Crippen LogP contribution in [0.25, 0.3) is 0 Å². The summed E-state index contributed by atoms with van der Waals surface area (Å²) in [6.45, 7) is 2.11. The predicted octanol–water partition coefficient (Wildman–Crippen LogP) is 2.12. The molecule has 1 fully saturated rings. The summed E-state index contributed by atoms with van der Waals surface area (Å²) in [5, 5.41) is 12.2. The molecule has 1 unspecified atom stereocenters. The zero-order valence-electron chi connectivity index (χ0n) is 13.2. The molecule has 6 nitrogen and oxygen atoms in total. The monoisotopic (exact) mass is 311 g/mol. The van der Waals surface area contributed by atoms with E-state index in [0.29, 0.717) is 18.4 Å². The molecule has 1 aliphatic carbocycles. The van der Waals surface area contributed by atoms with E-state index >= 15 is 0 Å². The summed E-state index contributed by atoms with van der Waals surface area (Å²) in [4.78, 5) is 14.3. The predicted molar refractivity (Wildman–Crippen MR) is 82.9 cm³/mol. The van der Waals surface area contributed by atoms with Crippen molar-refractivity contribution >= 4 is 17.7 Å². The summed E-state index contributed by atoms with van der Waals surface area (Å²) in [6, 6.07) is 0.453. The normalized spacial score (nSPS) is 17.7. The van der Waals surface area contributed by atoms with Crippen molar-refractivity contribution in [2.75, 3.05) is 12.8 Å². The highest BCUT2D eigenvalue weighted by atomic mass is 32.2. The van der Waals surface area contributed by atoms with Gasteiger partial charge in [0.25, 0.3) is 0 Å². The van der Waals surface area contributed by atoms with Gasteiger partial charge in [0.15, 0.2) is 0 Å². The van der Waals surface area contributed by atoms with Crippen LogP contribution in [0.1, 0.15) is 45.4 Å². The van der Waals surface area contributed by atoms with E-state index in [1.807, 2.05) is 19.0 Å². The fraction of sp³-hybridized carbons (Fsp3) is 0.857. The van der Waals surface area contributed by atoms with Crippen LogP contribution in [-0.2, 0) is 11.8 Å². The number of hydrogen-bond acceptors (Lipinski definition) is 5. The second-order valence-corrected chi connectivity index (χ2v) is 6.99. The van der Waals surface area contributed by atoms with E-state index < -0.39 is 0 Å². The van der Waals surface area contributed by atoms with Crippen molar-refractivity contribution in [3.63, 3.8) is 0 Å². The van der Waals surface area contributed by atoms with Gasteiger partial charge >= 0.3 is 0 Å².